The third-order valence-electron chi connectivity index (χ3n) is 5.19. The maximum absolute atomic E-state index is 12.7. The van der Waals surface area contributed by atoms with E-state index in [1.165, 1.54) is 5.56 Å². The van der Waals surface area contributed by atoms with Gasteiger partial charge in [-0.1, -0.05) is 49.7 Å². The largest absolute Gasteiger partial charge is 0.451 e. The second-order valence-corrected chi connectivity index (χ2v) is 8.11. The summed E-state index contributed by atoms with van der Waals surface area (Å²) in [6.45, 7) is 4.27. The Kier molecular flexibility index (Phi) is 4.75. The van der Waals surface area contributed by atoms with E-state index in [2.05, 4.69) is 24.1 Å². The van der Waals surface area contributed by atoms with Crippen molar-refractivity contribution in [3.63, 3.8) is 0 Å². The Morgan fingerprint density at radius 1 is 0.968 bits per heavy atom. The molecule has 0 saturated carbocycles. The van der Waals surface area contributed by atoms with E-state index in [-0.39, 0.29) is 11.7 Å². The van der Waals surface area contributed by atoms with Gasteiger partial charge < -0.3 is 14.2 Å². The number of hydrogen-bond donors (Lipinski definition) is 1. The minimum atomic E-state index is -0.380. The molecule has 1 amide bonds. The topological polar surface area (TPSA) is 68.3 Å². The van der Waals surface area contributed by atoms with Crippen LogP contribution in [0.25, 0.3) is 33.5 Å². The Morgan fingerprint density at radius 3 is 2.61 bits per heavy atom. The van der Waals surface area contributed by atoms with Gasteiger partial charge in [0.15, 0.2) is 11.3 Å². The van der Waals surface area contributed by atoms with Crippen LogP contribution in [0.3, 0.4) is 0 Å². The van der Waals surface area contributed by atoms with E-state index in [9.17, 15) is 4.79 Å². The zero-order valence-electron chi connectivity index (χ0n) is 17.0. The van der Waals surface area contributed by atoms with E-state index in [0.29, 0.717) is 39.2 Å². The Balaban J connectivity index is 1.46. The first-order valence-electron chi connectivity index (χ1n) is 9.98. The minimum Gasteiger partial charge on any atom is -0.451 e. The molecule has 5 aromatic rings. The van der Waals surface area contributed by atoms with E-state index in [4.69, 9.17) is 20.4 Å². The highest BCUT2D eigenvalue weighted by Crippen LogP contribution is 2.32. The van der Waals surface area contributed by atoms with Crippen molar-refractivity contribution in [3.05, 3.63) is 83.1 Å². The first-order valence-corrected chi connectivity index (χ1v) is 10.4. The molecule has 3 aromatic carbocycles. The van der Waals surface area contributed by atoms with E-state index in [0.717, 1.165) is 10.9 Å². The molecule has 0 saturated heterocycles. The highest BCUT2D eigenvalue weighted by molar-refractivity contribution is 6.34. The number of oxazole rings is 1. The maximum atomic E-state index is 12.7. The number of para-hydroxylation sites is 1. The third kappa shape index (κ3) is 3.68. The SMILES string of the molecule is CC(C)c1ccc2oc(-c3ccc(Cl)c(NC(=O)c4cc5ccccc5o4)c3)nc2c1. The van der Waals surface area contributed by atoms with Crippen LogP contribution in [0.2, 0.25) is 5.02 Å². The Morgan fingerprint density at radius 2 is 1.81 bits per heavy atom. The Hall–Kier alpha value is -3.57. The number of carbonyl (C=O) groups is 1. The molecule has 0 unspecified atom stereocenters. The van der Waals surface area contributed by atoms with Gasteiger partial charge in [-0.05, 0) is 53.9 Å². The van der Waals surface area contributed by atoms with Crippen LogP contribution >= 0.6 is 11.6 Å². The summed E-state index contributed by atoms with van der Waals surface area (Å²) in [4.78, 5) is 17.3. The monoisotopic (exact) mass is 430 g/mol. The molecular formula is C25H19ClN2O3. The first-order chi connectivity index (χ1) is 15.0. The van der Waals surface area contributed by atoms with Gasteiger partial charge in [-0.25, -0.2) is 4.98 Å². The summed E-state index contributed by atoms with van der Waals surface area (Å²) in [7, 11) is 0. The fourth-order valence-electron chi connectivity index (χ4n) is 3.46. The molecule has 5 nitrogen and oxygen atoms in total. The van der Waals surface area contributed by atoms with Crippen molar-refractivity contribution in [2.24, 2.45) is 0 Å². The number of halogens is 1. The number of benzene rings is 3. The fourth-order valence-corrected chi connectivity index (χ4v) is 3.62. The van der Waals surface area contributed by atoms with E-state index >= 15 is 0 Å². The summed E-state index contributed by atoms with van der Waals surface area (Å²) in [6, 6.07) is 20.4. The number of rotatable bonds is 4. The molecule has 0 atom stereocenters. The predicted molar refractivity (Wildman–Crippen MR) is 123 cm³/mol. The molecule has 154 valence electrons. The molecule has 1 N–H and O–H groups in total. The van der Waals surface area contributed by atoms with Crippen LogP contribution in [0.1, 0.15) is 35.9 Å². The van der Waals surface area contributed by atoms with Gasteiger partial charge in [-0.3, -0.25) is 4.79 Å². The lowest BCUT2D eigenvalue weighted by molar-refractivity contribution is 0.0998. The predicted octanol–water partition coefficient (Wildman–Crippen LogP) is 7.27. The molecule has 0 aliphatic carbocycles. The molecule has 5 rings (SSSR count). The minimum absolute atomic E-state index is 0.214. The number of aromatic nitrogens is 1. The molecular weight excluding hydrogens is 412 g/mol. The molecule has 0 aliphatic heterocycles. The van der Waals surface area contributed by atoms with Crippen LogP contribution < -0.4 is 5.32 Å². The Labute approximate surface area is 183 Å². The van der Waals surface area contributed by atoms with Crippen molar-refractivity contribution in [1.82, 2.24) is 4.98 Å². The van der Waals surface area contributed by atoms with Gasteiger partial charge in [0.2, 0.25) is 5.89 Å². The first kappa shape index (κ1) is 19.4. The molecule has 0 fully saturated rings. The molecule has 0 radical (unpaired) electrons. The highest BCUT2D eigenvalue weighted by atomic mass is 35.5. The van der Waals surface area contributed by atoms with E-state index < -0.39 is 0 Å². The van der Waals surface area contributed by atoms with Gasteiger partial charge in [0.25, 0.3) is 5.91 Å². The van der Waals surface area contributed by atoms with Gasteiger partial charge in [0, 0.05) is 10.9 Å². The smallest absolute Gasteiger partial charge is 0.291 e. The van der Waals surface area contributed by atoms with Crippen LogP contribution in [0.15, 0.2) is 75.6 Å². The number of nitrogens with zero attached hydrogens (tertiary/aromatic N) is 1. The number of fused-ring (bicyclic) bond motifs is 2. The molecule has 2 heterocycles. The van der Waals surface area contributed by atoms with Crippen molar-refractivity contribution in [2.75, 3.05) is 5.32 Å². The standard InChI is InChI=1S/C25H19ClN2O3/c1-14(2)15-8-10-22-20(11-15)28-25(31-22)17-7-9-18(26)19(12-17)27-24(29)23-13-16-5-3-4-6-21(16)30-23/h3-14H,1-2H3,(H,27,29). The highest BCUT2D eigenvalue weighted by Gasteiger charge is 2.16. The second kappa shape index (κ2) is 7.60. The van der Waals surface area contributed by atoms with Crippen LogP contribution in [-0.2, 0) is 0 Å². The fraction of sp³-hybridized carbons (Fsp3) is 0.120. The summed E-state index contributed by atoms with van der Waals surface area (Å²) in [6.07, 6.45) is 0. The number of amides is 1. The number of carbonyl (C=O) groups excluding carboxylic acids is 1. The van der Waals surface area contributed by atoms with Crippen LogP contribution in [0, 0.1) is 0 Å². The van der Waals surface area contributed by atoms with Gasteiger partial charge in [-0.2, -0.15) is 0 Å². The van der Waals surface area contributed by atoms with Gasteiger partial charge in [-0.15, -0.1) is 0 Å². The van der Waals surface area contributed by atoms with Crippen molar-refractivity contribution >= 4 is 45.3 Å². The summed E-state index contributed by atoms with van der Waals surface area (Å²) in [5.41, 5.74) is 4.52. The summed E-state index contributed by atoms with van der Waals surface area (Å²) >= 11 is 6.33. The van der Waals surface area contributed by atoms with Crippen LogP contribution in [-0.4, -0.2) is 10.9 Å². The Bertz CT molecular complexity index is 1400. The van der Waals surface area contributed by atoms with Crippen LogP contribution in [0.5, 0.6) is 0 Å². The lowest BCUT2D eigenvalue weighted by Crippen LogP contribution is -2.11. The van der Waals surface area contributed by atoms with Crippen LogP contribution in [0.4, 0.5) is 5.69 Å². The molecule has 0 bridgehead atoms. The summed E-state index contributed by atoms with van der Waals surface area (Å²) in [5, 5.41) is 4.09. The average Bonchev–Trinajstić information content (AvgIpc) is 3.38. The molecule has 31 heavy (non-hydrogen) atoms. The number of furan rings is 1. The molecule has 0 aliphatic rings. The summed E-state index contributed by atoms with van der Waals surface area (Å²) < 4.78 is 11.6. The zero-order chi connectivity index (χ0) is 21.5. The molecule has 2 aromatic heterocycles. The molecule has 0 spiro atoms. The van der Waals surface area contributed by atoms with Crippen molar-refractivity contribution in [2.45, 2.75) is 19.8 Å². The van der Waals surface area contributed by atoms with E-state index in [1.807, 2.05) is 48.5 Å². The zero-order valence-corrected chi connectivity index (χ0v) is 17.7. The van der Waals surface area contributed by atoms with Crippen molar-refractivity contribution in [1.29, 1.82) is 0 Å². The lowest BCUT2D eigenvalue weighted by Gasteiger charge is -2.07. The molecule has 6 heteroatoms. The number of nitrogens with one attached hydrogen (secondary N) is 1. The van der Waals surface area contributed by atoms with E-state index in [1.54, 1.807) is 18.2 Å². The maximum Gasteiger partial charge on any atom is 0.291 e. The average molecular weight is 431 g/mol. The lowest BCUT2D eigenvalue weighted by atomic mass is 10.0. The normalized spacial score (nSPS) is 11.5. The summed E-state index contributed by atoms with van der Waals surface area (Å²) in [5.74, 6) is 0.701. The van der Waals surface area contributed by atoms with Gasteiger partial charge >= 0.3 is 0 Å². The quantitative estimate of drug-likeness (QED) is 0.325. The van der Waals surface area contributed by atoms with Crippen molar-refractivity contribution in [3.8, 4) is 11.5 Å². The third-order valence-corrected chi connectivity index (χ3v) is 5.52. The van der Waals surface area contributed by atoms with Gasteiger partial charge in [0.1, 0.15) is 11.1 Å². The van der Waals surface area contributed by atoms with Crippen molar-refractivity contribution < 1.29 is 13.6 Å². The number of hydrogen-bond acceptors (Lipinski definition) is 4. The second-order valence-electron chi connectivity index (χ2n) is 7.70. The number of anilines is 1. The van der Waals surface area contributed by atoms with Gasteiger partial charge in [0.05, 0.1) is 10.7 Å².